The molecule has 5 heteroatoms. The summed E-state index contributed by atoms with van der Waals surface area (Å²) in [6.45, 7) is 6.13. The zero-order valence-electron chi connectivity index (χ0n) is 15.7. The van der Waals surface area contributed by atoms with Crippen LogP contribution in [0.1, 0.15) is 23.1 Å². The standard InChI is InChI=1S/C22H22N2O2S/c1-14-9-10-17-11-15(2)22(24-21(17)16(14)3)27-13-19(25)12-20(26)23-18-7-5-4-6-8-18/h4-11H,12-13H2,1-3H3,(H,23,26). The van der Waals surface area contributed by atoms with Crippen molar-refractivity contribution in [3.63, 3.8) is 0 Å². The molecule has 3 rings (SSSR count). The first kappa shape index (κ1) is 19.1. The van der Waals surface area contributed by atoms with Crippen LogP contribution in [0, 0.1) is 20.8 Å². The molecule has 0 radical (unpaired) electrons. The van der Waals surface area contributed by atoms with E-state index in [2.05, 4.69) is 37.4 Å². The van der Waals surface area contributed by atoms with Crippen molar-refractivity contribution in [3.05, 3.63) is 65.2 Å². The molecule has 1 N–H and O–H groups in total. The second-order valence-corrected chi connectivity index (χ2v) is 7.57. The lowest BCUT2D eigenvalue weighted by Gasteiger charge is -2.10. The minimum Gasteiger partial charge on any atom is -0.326 e. The number of nitrogens with one attached hydrogen (secondary N) is 1. The van der Waals surface area contributed by atoms with Gasteiger partial charge < -0.3 is 5.32 Å². The van der Waals surface area contributed by atoms with Crippen molar-refractivity contribution in [2.24, 2.45) is 0 Å². The van der Waals surface area contributed by atoms with Crippen molar-refractivity contribution in [3.8, 4) is 0 Å². The van der Waals surface area contributed by atoms with Crippen molar-refractivity contribution in [2.75, 3.05) is 11.1 Å². The highest BCUT2D eigenvalue weighted by atomic mass is 32.2. The number of hydrogen-bond donors (Lipinski definition) is 1. The third-order valence-corrected chi connectivity index (χ3v) is 5.59. The second-order valence-electron chi connectivity index (χ2n) is 6.61. The van der Waals surface area contributed by atoms with Gasteiger partial charge in [0.2, 0.25) is 5.91 Å². The maximum Gasteiger partial charge on any atom is 0.231 e. The summed E-state index contributed by atoms with van der Waals surface area (Å²) in [6.07, 6.45) is -0.132. The van der Waals surface area contributed by atoms with Crippen molar-refractivity contribution in [2.45, 2.75) is 32.2 Å². The average molecular weight is 378 g/mol. The molecule has 0 aliphatic carbocycles. The van der Waals surface area contributed by atoms with Crippen LogP contribution in [0.15, 0.2) is 53.6 Å². The van der Waals surface area contributed by atoms with Gasteiger partial charge in [0.25, 0.3) is 0 Å². The molecule has 1 amide bonds. The first-order valence-electron chi connectivity index (χ1n) is 8.81. The van der Waals surface area contributed by atoms with E-state index in [1.165, 1.54) is 17.3 Å². The molecule has 4 nitrogen and oxygen atoms in total. The fourth-order valence-corrected chi connectivity index (χ4v) is 3.67. The number of Topliss-reactive ketones (excluding diaryl/α,β-unsaturated/α-hetero) is 1. The highest BCUT2D eigenvalue weighted by Crippen LogP contribution is 2.27. The lowest BCUT2D eigenvalue weighted by molar-refractivity contribution is -0.123. The van der Waals surface area contributed by atoms with Gasteiger partial charge in [0.05, 0.1) is 17.7 Å². The van der Waals surface area contributed by atoms with E-state index in [0.717, 1.165) is 27.1 Å². The van der Waals surface area contributed by atoms with Crippen LogP contribution in [-0.2, 0) is 9.59 Å². The molecule has 0 saturated heterocycles. The Labute approximate surface area is 163 Å². The monoisotopic (exact) mass is 378 g/mol. The molecule has 0 unspecified atom stereocenters. The first-order chi connectivity index (χ1) is 12.9. The average Bonchev–Trinajstić information content (AvgIpc) is 2.64. The van der Waals surface area contributed by atoms with Gasteiger partial charge in [-0.1, -0.05) is 42.1 Å². The number of aryl methyl sites for hydroxylation is 3. The fourth-order valence-electron chi connectivity index (χ4n) is 2.82. The number of hydrogen-bond acceptors (Lipinski definition) is 4. The third-order valence-electron chi connectivity index (χ3n) is 4.44. The topological polar surface area (TPSA) is 59.1 Å². The van der Waals surface area contributed by atoms with Gasteiger partial charge in [0, 0.05) is 11.1 Å². The zero-order chi connectivity index (χ0) is 19.4. The molecule has 0 atom stereocenters. The van der Waals surface area contributed by atoms with Crippen LogP contribution >= 0.6 is 11.8 Å². The Morgan fingerprint density at radius 3 is 2.48 bits per heavy atom. The van der Waals surface area contributed by atoms with Crippen molar-refractivity contribution >= 4 is 40.0 Å². The Hall–Kier alpha value is -2.66. The second kappa shape index (κ2) is 8.35. The number of anilines is 1. The number of benzene rings is 2. The van der Waals surface area contributed by atoms with Crippen molar-refractivity contribution in [1.82, 2.24) is 4.98 Å². The van der Waals surface area contributed by atoms with Gasteiger partial charge in [-0.05, 0) is 55.7 Å². The van der Waals surface area contributed by atoms with Crippen LogP contribution in [0.4, 0.5) is 5.69 Å². The fraction of sp³-hybridized carbons (Fsp3) is 0.227. The molecule has 0 fully saturated rings. The smallest absolute Gasteiger partial charge is 0.231 e. The third kappa shape index (κ3) is 4.74. The largest absolute Gasteiger partial charge is 0.326 e. The number of pyridine rings is 1. The van der Waals surface area contributed by atoms with Gasteiger partial charge in [-0.15, -0.1) is 0 Å². The summed E-state index contributed by atoms with van der Waals surface area (Å²) in [6, 6.07) is 15.4. The number of nitrogens with zero attached hydrogens (tertiary/aromatic N) is 1. The number of carbonyl (C=O) groups excluding carboxylic acids is 2. The molecule has 3 aromatic rings. The van der Waals surface area contributed by atoms with E-state index in [0.29, 0.717) is 5.69 Å². The maximum absolute atomic E-state index is 12.2. The lowest BCUT2D eigenvalue weighted by Crippen LogP contribution is -2.17. The normalized spacial score (nSPS) is 10.8. The van der Waals surface area contributed by atoms with Crippen LogP contribution in [0.3, 0.4) is 0 Å². The summed E-state index contributed by atoms with van der Waals surface area (Å²) in [4.78, 5) is 29.0. The minimum absolute atomic E-state index is 0.115. The van der Waals surface area contributed by atoms with Gasteiger partial charge in [0.15, 0.2) is 5.78 Å². The quantitative estimate of drug-likeness (QED) is 0.492. The molecule has 0 spiro atoms. The number of amides is 1. The summed E-state index contributed by atoms with van der Waals surface area (Å²) >= 11 is 1.39. The van der Waals surface area contributed by atoms with Gasteiger partial charge in [-0.25, -0.2) is 4.98 Å². The number of rotatable bonds is 6. The lowest BCUT2D eigenvalue weighted by atomic mass is 10.0. The number of thioether (sulfide) groups is 1. The Bertz CT molecular complexity index is 1000. The molecule has 0 bridgehead atoms. The molecule has 0 aliphatic heterocycles. The molecule has 1 aromatic heterocycles. The highest BCUT2D eigenvalue weighted by molar-refractivity contribution is 8.00. The molecule has 1 heterocycles. The number of para-hydroxylation sites is 1. The molecular formula is C22H22N2O2S. The SMILES string of the molecule is Cc1cc2ccc(C)c(C)c2nc1SCC(=O)CC(=O)Nc1ccccc1. The van der Waals surface area contributed by atoms with Gasteiger partial charge in [-0.3, -0.25) is 9.59 Å². The van der Waals surface area contributed by atoms with Gasteiger partial charge in [-0.2, -0.15) is 0 Å². The highest BCUT2D eigenvalue weighted by Gasteiger charge is 2.13. The van der Waals surface area contributed by atoms with Crippen molar-refractivity contribution in [1.29, 1.82) is 0 Å². The Kier molecular flexibility index (Phi) is 5.91. The first-order valence-corrected chi connectivity index (χ1v) is 9.79. The Morgan fingerprint density at radius 1 is 1.00 bits per heavy atom. The molecule has 0 saturated carbocycles. The van der Waals surface area contributed by atoms with E-state index in [-0.39, 0.29) is 23.9 Å². The predicted octanol–water partition coefficient (Wildman–Crippen LogP) is 4.85. The number of fused-ring (bicyclic) bond motifs is 1. The number of ketones is 1. The number of carbonyl (C=O) groups is 2. The van der Waals surface area contributed by atoms with E-state index < -0.39 is 0 Å². The molecule has 138 valence electrons. The number of aromatic nitrogens is 1. The van der Waals surface area contributed by atoms with E-state index in [4.69, 9.17) is 4.98 Å². The van der Waals surface area contributed by atoms with Crippen LogP contribution in [0.5, 0.6) is 0 Å². The van der Waals surface area contributed by atoms with E-state index >= 15 is 0 Å². The maximum atomic E-state index is 12.2. The Morgan fingerprint density at radius 2 is 1.74 bits per heavy atom. The van der Waals surface area contributed by atoms with E-state index in [9.17, 15) is 9.59 Å². The van der Waals surface area contributed by atoms with E-state index in [1.54, 1.807) is 12.1 Å². The molecular weight excluding hydrogens is 356 g/mol. The summed E-state index contributed by atoms with van der Waals surface area (Å²) < 4.78 is 0. The van der Waals surface area contributed by atoms with Crippen molar-refractivity contribution < 1.29 is 9.59 Å². The van der Waals surface area contributed by atoms with Crippen LogP contribution in [0.2, 0.25) is 0 Å². The Balaban J connectivity index is 1.64. The van der Waals surface area contributed by atoms with Crippen LogP contribution in [-0.4, -0.2) is 22.4 Å². The predicted molar refractivity (Wildman–Crippen MR) is 111 cm³/mol. The molecule has 27 heavy (non-hydrogen) atoms. The molecule has 2 aromatic carbocycles. The van der Waals surface area contributed by atoms with Gasteiger partial charge >= 0.3 is 0 Å². The van der Waals surface area contributed by atoms with Gasteiger partial charge in [0.1, 0.15) is 5.03 Å². The van der Waals surface area contributed by atoms with Crippen LogP contribution in [0.25, 0.3) is 10.9 Å². The summed E-state index contributed by atoms with van der Waals surface area (Å²) in [5, 5.41) is 4.68. The summed E-state index contributed by atoms with van der Waals surface area (Å²) in [5.41, 5.74) is 5.06. The van der Waals surface area contributed by atoms with E-state index in [1.807, 2.05) is 25.1 Å². The zero-order valence-corrected chi connectivity index (χ0v) is 16.5. The summed E-state index contributed by atoms with van der Waals surface area (Å²) in [5.74, 6) is -0.177. The minimum atomic E-state index is -0.290. The summed E-state index contributed by atoms with van der Waals surface area (Å²) in [7, 11) is 0. The van der Waals surface area contributed by atoms with Crippen LogP contribution < -0.4 is 5.32 Å². The molecule has 0 aliphatic rings.